The third-order valence-electron chi connectivity index (χ3n) is 3.25. The minimum absolute atomic E-state index is 0.483. The topological polar surface area (TPSA) is 57.4 Å². The molecule has 3 aromatic rings. The first-order chi connectivity index (χ1) is 11.3. The molecule has 5 nitrogen and oxygen atoms in total. The van der Waals surface area contributed by atoms with Crippen molar-refractivity contribution < 1.29 is 13.9 Å². The molecule has 2 aromatic carbocycles. The van der Waals surface area contributed by atoms with E-state index in [0.717, 1.165) is 22.6 Å². The summed E-state index contributed by atoms with van der Waals surface area (Å²) in [6, 6.07) is 15.2. The van der Waals surface area contributed by atoms with E-state index >= 15 is 0 Å². The zero-order valence-corrected chi connectivity index (χ0v) is 13.2. The van der Waals surface area contributed by atoms with Crippen molar-refractivity contribution >= 4 is 0 Å². The minimum Gasteiger partial charge on any atom is -0.494 e. The normalized spacial score (nSPS) is 10.5. The van der Waals surface area contributed by atoms with Gasteiger partial charge >= 0.3 is 0 Å². The summed E-state index contributed by atoms with van der Waals surface area (Å²) in [6.07, 6.45) is 0. The van der Waals surface area contributed by atoms with E-state index < -0.39 is 0 Å². The molecule has 23 heavy (non-hydrogen) atoms. The Morgan fingerprint density at radius 2 is 1.09 bits per heavy atom. The molecule has 0 aliphatic carbocycles. The van der Waals surface area contributed by atoms with Crippen molar-refractivity contribution in [2.45, 2.75) is 13.8 Å². The van der Waals surface area contributed by atoms with Crippen LogP contribution in [0.4, 0.5) is 0 Å². The largest absolute Gasteiger partial charge is 0.494 e. The summed E-state index contributed by atoms with van der Waals surface area (Å²) in [5.41, 5.74) is 1.72. The molecular formula is C18H18N2O3. The summed E-state index contributed by atoms with van der Waals surface area (Å²) in [4.78, 5) is 0. The first-order valence-electron chi connectivity index (χ1n) is 7.60. The number of ether oxygens (including phenoxy) is 2. The molecule has 0 saturated carbocycles. The van der Waals surface area contributed by atoms with E-state index in [0.29, 0.717) is 25.0 Å². The predicted octanol–water partition coefficient (Wildman–Crippen LogP) is 4.20. The fourth-order valence-corrected chi connectivity index (χ4v) is 2.18. The van der Waals surface area contributed by atoms with Crippen molar-refractivity contribution in [3.8, 4) is 34.4 Å². The highest BCUT2D eigenvalue weighted by Gasteiger charge is 2.10. The smallest absolute Gasteiger partial charge is 0.248 e. The lowest BCUT2D eigenvalue weighted by atomic mass is 10.2. The Balaban J connectivity index is 1.79. The molecule has 0 bridgehead atoms. The quantitative estimate of drug-likeness (QED) is 0.683. The van der Waals surface area contributed by atoms with Gasteiger partial charge in [0.1, 0.15) is 11.5 Å². The summed E-state index contributed by atoms with van der Waals surface area (Å²) >= 11 is 0. The van der Waals surface area contributed by atoms with Gasteiger partial charge in [-0.2, -0.15) is 0 Å². The van der Waals surface area contributed by atoms with Crippen LogP contribution >= 0.6 is 0 Å². The van der Waals surface area contributed by atoms with E-state index in [4.69, 9.17) is 13.9 Å². The lowest BCUT2D eigenvalue weighted by Gasteiger charge is -2.03. The monoisotopic (exact) mass is 310 g/mol. The van der Waals surface area contributed by atoms with E-state index in [1.165, 1.54) is 0 Å². The number of rotatable bonds is 6. The molecule has 0 aliphatic heterocycles. The van der Waals surface area contributed by atoms with Gasteiger partial charge in [0, 0.05) is 11.1 Å². The SMILES string of the molecule is CCOc1ccc(-c2nnc(-c3ccc(OCC)cc3)o2)cc1. The average molecular weight is 310 g/mol. The van der Waals surface area contributed by atoms with Gasteiger partial charge in [-0.3, -0.25) is 0 Å². The van der Waals surface area contributed by atoms with Gasteiger partial charge in [-0.15, -0.1) is 10.2 Å². The van der Waals surface area contributed by atoms with E-state index in [9.17, 15) is 0 Å². The van der Waals surface area contributed by atoms with Crippen LogP contribution in [0.2, 0.25) is 0 Å². The van der Waals surface area contributed by atoms with Crippen molar-refractivity contribution in [3.05, 3.63) is 48.5 Å². The Labute approximate surface area is 134 Å². The molecule has 0 aliphatic rings. The summed E-state index contributed by atoms with van der Waals surface area (Å²) in [7, 11) is 0. The standard InChI is InChI=1S/C18H18N2O3/c1-3-21-15-9-5-13(6-10-15)17-19-20-18(23-17)14-7-11-16(12-8-14)22-4-2/h5-12H,3-4H2,1-2H3. The Bertz CT molecular complexity index is 685. The second-order valence-electron chi connectivity index (χ2n) is 4.83. The maximum absolute atomic E-state index is 5.75. The molecule has 3 rings (SSSR count). The molecule has 5 heteroatoms. The highest BCUT2D eigenvalue weighted by Crippen LogP contribution is 2.26. The van der Waals surface area contributed by atoms with Gasteiger partial charge in [0.25, 0.3) is 0 Å². The molecule has 0 fully saturated rings. The van der Waals surface area contributed by atoms with Crippen LogP contribution in [-0.2, 0) is 0 Å². The molecule has 0 spiro atoms. The molecule has 118 valence electrons. The Morgan fingerprint density at radius 3 is 1.43 bits per heavy atom. The van der Waals surface area contributed by atoms with Crippen molar-refractivity contribution in [2.75, 3.05) is 13.2 Å². The summed E-state index contributed by atoms with van der Waals surface area (Å²) in [5.74, 6) is 2.61. The average Bonchev–Trinajstić information content (AvgIpc) is 3.07. The van der Waals surface area contributed by atoms with Gasteiger partial charge < -0.3 is 13.9 Å². The summed E-state index contributed by atoms with van der Waals surface area (Å²) < 4.78 is 16.6. The second-order valence-corrected chi connectivity index (χ2v) is 4.83. The molecule has 0 saturated heterocycles. The summed E-state index contributed by atoms with van der Waals surface area (Å²) in [5, 5.41) is 8.22. The van der Waals surface area contributed by atoms with Crippen molar-refractivity contribution in [1.82, 2.24) is 10.2 Å². The number of aromatic nitrogens is 2. The third-order valence-corrected chi connectivity index (χ3v) is 3.25. The van der Waals surface area contributed by atoms with Crippen LogP contribution in [0.15, 0.2) is 52.9 Å². The lowest BCUT2D eigenvalue weighted by molar-refractivity contribution is 0.340. The molecule has 0 radical (unpaired) electrons. The van der Waals surface area contributed by atoms with E-state index in [-0.39, 0.29) is 0 Å². The van der Waals surface area contributed by atoms with Crippen LogP contribution in [0.5, 0.6) is 11.5 Å². The molecule has 1 heterocycles. The highest BCUT2D eigenvalue weighted by molar-refractivity contribution is 5.59. The third kappa shape index (κ3) is 3.51. The zero-order chi connectivity index (χ0) is 16.1. The van der Waals surface area contributed by atoms with Gasteiger partial charge in [-0.1, -0.05) is 0 Å². The second kappa shape index (κ2) is 6.96. The van der Waals surface area contributed by atoms with Gasteiger partial charge in [0.15, 0.2) is 0 Å². The van der Waals surface area contributed by atoms with Crippen molar-refractivity contribution in [2.24, 2.45) is 0 Å². The number of nitrogens with zero attached hydrogens (tertiary/aromatic N) is 2. The summed E-state index contributed by atoms with van der Waals surface area (Å²) in [6.45, 7) is 5.19. The first-order valence-corrected chi connectivity index (χ1v) is 7.60. The maximum Gasteiger partial charge on any atom is 0.248 e. The molecule has 1 aromatic heterocycles. The molecule has 0 amide bonds. The van der Waals surface area contributed by atoms with Gasteiger partial charge in [-0.05, 0) is 62.4 Å². The van der Waals surface area contributed by atoms with Crippen molar-refractivity contribution in [1.29, 1.82) is 0 Å². The molecular weight excluding hydrogens is 292 g/mol. The predicted molar refractivity (Wildman–Crippen MR) is 87.5 cm³/mol. The minimum atomic E-state index is 0.483. The number of benzene rings is 2. The number of hydrogen-bond donors (Lipinski definition) is 0. The Hall–Kier alpha value is -2.82. The van der Waals surface area contributed by atoms with Crippen LogP contribution in [0.3, 0.4) is 0 Å². The van der Waals surface area contributed by atoms with Gasteiger partial charge in [0.05, 0.1) is 13.2 Å². The maximum atomic E-state index is 5.75. The molecule has 0 unspecified atom stereocenters. The van der Waals surface area contributed by atoms with E-state index in [1.807, 2.05) is 62.4 Å². The highest BCUT2D eigenvalue weighted by atomic mass is 16.5. The van der Waals surface area contributed by atoms with Crippen LogP contribution in [0.25, 0.3) is 22.9 Å². The first kappa shape index (κ1) is 15.1. The van der Waals surface area contributed by atoms with E-state index in [2.05, 4.69) is 10.2 Å². The fourth-order valence-electron chi connectivity index (χ4n) is 2.18. The van der Waals surface area contributed by atoms with Crippen LogP contribution in [0, 0.1) is 0 Å². The lowest BCUT2D eigenvalue weighted by Crippen LogP contribution is -1.90. The Morgan fingerprint density at radius 1 is 0.696 bits per heavy atom. The molecule has 0 atom stereocenters. The number of hydrogen-bond acceptors (Lipinski definition) is 5. The fraction of sp³-hybridized carbons (Fsp3) is 0.222. The van der Waals surface area contributed by atoms with Gasteiger partial charge in [-0.25, -0.2) is 0 Å². The van der Waals surface area contributed by atoms with Crippen molar-refractivity contribution in [3.63, 3.8) is 0 Å². The zero-order valence-electron chi connectivity index (χ0n) is 13.2. The Kier molecular flexibility index (Phi) is 4.57. The van der Waals surface area contributed by atoms with Crippen LogP contribution < -0.4 is 9.47 Å². The van der Waals surface area contributed by atoms with Crippen LogP contribution in [-0.4, -0.2) is 23.4 Å². The van der Waals surface area contributed by atoms with E-state index in [1.54, 1.807) is 0 Å². The van der Waals surface area contributed by atoms with Gasteiger partial charge in [0.2, 0.25) is 11.8 Å². The molecule has 0 N–H and O–H groups in total. The van der Waals surface area contributed by atoms with Crippen LogP contribution in [0.1, 0.15) is 13.8 Å².